The topological polar surface area (TPSA) is 224 Å². The number of hydrogen-bond donors (Lipinski definition) is 4. The predicted octanol–water partition coefficient (Wildman–Crippen LogP) is 3.80. The number of rotatable bonds is 21. The first-order chi connectivity index (χ1) is 32.4. The van der Waals surface area contributed by atoms with E-state index in [0.29, 0.717) is 121 Å². The molecule has 1 aromatic carbocycles. The van der Waals surface area contributed by atoms with Crippen molar-refractivity contribution in [3.8, 4) is 0 Å². The Morgan fingerprint density at radius 1 is 0.836 bits per heavy atom. The van der Waals surface area contributed by atoms with Gasteiger partial charge in [-0.3, -0.25) is 38.4 Å². The van der Waals surface area contributed by atoms with Crippen LogP contribution < -0.4 is 31.7 Å². The van der Waals surface area contributed by atoms with E-state index in [1.165, 1.54) is 18.7 Å². The maximum atomic E-state index is 13.6. The summed E-state index contributed by atoms with van der Waals surface area (Å²) in [6, 6.07) is 8.84. The number of amidine groups is 1. The van der Waals surface area contributed by atoms with Gasteiger partial charge in [0.1, 0.15) is 11.5 Å². The van der Waals surface area contributed by atoms with Crippen molar-refractivity contribution in [1.29, 1.82) is 0 Å². The molecule has 19 nitrogen and oxygen atoms in total. The molecule has 1 aliphatic carbocycles. The van der Waals surface area contributed by atoms with E-state index in [1.54, 1.807) is 49.0 Å². The average molecular weight is 940 g/mol. The predicted molar refractivity (Wildman–Crippen MR) is 258 cm³/mol. The molecule has 1 atom stereocenters. The lowest BCUT2D eigenvalue weighted by atomic mass is 10.0. The molecule has 3 aromatic heterocycles. The number of Topliss-reactive ketones (excluding diaryl/α,β-unsaturated/α-hetero) is 1. The monoisotopic (exact) mass is 939 g/mol. The summed E-state index contributed by atoms with van der Waals surface area (Å²) in [5.74, 6) is 0.0929. The average Bonchev–Trinajstić information content (AvgIpc) is 4.00. The highest BCUT2D eigenvalue weighted by molar-refractivity contribution is 8.14. The maximum Gasteiger partial charge on any atom is 0.263 e. The molecule has 1 saturated heterocycles. The Bertz CT molecular complexity index is 2490. The number of nitrogens with zero attached hydrogens (tertiary/aromatic N) is 7. The Hall–Kier alpha value is -5.80. The lowest BCUT2D eigenvalue weighted by molar-refractivity contribution is -0.122. The number of carbonyl (C=O) groups excluding carboxylic acids is 4. The lowest BCUT2D eigenvalue weighted by Gasteiger charge is -2.35. The van der Waals surface area contributed by atoms with Gasteiger partial charge in [0.15, 0.2) is 11.0 Å². The third kappa shape index (κ3) is 13.2. The number of benzene rings is 1. The second-order valence-corrected chi connectivity index (χ2v) is 18.3. The summed E-state index contributed by atoms with van der Waals surface area (Å²) in [4.78, 5) is 86.4. The van der Waals surface area contributed by atoms with Gasteiger partial charge in [-0.25, -0.2) is 9.97 Å². The van der Waals surface area contributed by atoms with Gasteiger partial charge in [-0.15, -0.1) is 0 Å². The van der Waals surface area contributed by atoms with E-state index in [4.69, 9.17) is 19.2 Å². The van der Waals surface area contributed by atoms with E-state index in [9.17, 15) is 24.0 Å². The molecule has 358 valence electrons. The van der Waals surface area contributed by atoms with Crippen LogP contribution in [0.1, 0.15) is 87.8 Å². The summed E-state index contributed by atoms with van der Waals surface area (Å²) >= 11 is 1.54. The van der Waals surface area contributed by atoms with E-state index < -0.39 is 0 Å². The third-order valence-electron chi connectivity index (χ3n) is 11.9. The van der Waals surface area contributed by atoms with Gasteiger partial charge in [0, 0.05) is 73.3 Å². The number of ketones is 1. The zero-order valence-corrected chi connectivity index (χ0v) is 39.5. The minimum atomic E-state index is -0.287. The number of nitrogens with one attached hydrogen (secondary N) is 4. The highest BCUT2D eigenvalue weighted by Crippen LogP contribution is 2.32. The van der Waals surface area contributed by atoms with Gasteiger partial charge >= 0.3 is 0 Å². The highest BCUT2D eigenvalue weighted by Gasteiger charge is 2.26. The van der Waals surface area contributed by atoms with Crippen molar-refractivity contribution >= 4 is 68.9 Å². The normalized spacial score (nSPS) is 16.6. The number of anilines is 3. The summed E-state index contributed by atoms with van der Waals surface area (Å²) in [7, 11) is 0. The molecule has 1 saturated carbocycles. The number of ether oxygens (including phenoxy) is 3. The first kappa shape index (κ1) is 49.1. The van der Waals surface area contributed by atoms with Crippen molar-refractivity contribution in [1.82, 2.24) is 40.4 Å². The SMILES string of the molecule is CC(=O)c1c(C)c2cnc(Nc3ccc(N4CCN(CC(=O)NCCOCCOCCOCCNC(=O)c5ccc(C(=O)NC6=NCC(C)S6)c(C)c5)CC4)cn3)nc2n(C2CCCC2)c1=O. The zero-order valence-electron chi connectivity index (χ0n) is 38.7. The van der Waals surface area contributed by atoms with Gasteiger partial charge in [-0.05, 0) is 75.1 Å². The highest BCUT2D eigenvalue weighted by atomic mass is 32.2. The van der Waals surface area contributed by atoms with Crippen LogP contribution in [0.4, 0.5) is 17.5 Å². The fourth-order valence-corrected chi connectivity index (χ4v) is 9.24. The number of fused-ring (bicyclic) bond motifs is 1. The summed E-state index contributed by atoms with van der Waals surface area (Å²) in [5, 5.41) is 13.4. The lowest BCUT2D eigenvalue weighted by Crippen LogP contribution is -2.49. The number of thioether (sulfide) groups is 1. The fourth-order valence-electron chi connectivity index (χ4n) is 8.41. The van der Waals surface area contributed by atoms with Gasteiger partial charge in [-0.2, -0.15) is 4.98 Å². The molecule has 3 aliphatic rings. The van der Waals surface area contributed by atoms with E-state index in [2.05, 4.69) is 53.0 Å². The number of carbonyl (C=O) groups is 4. The summed E-state index contributed by atoms with van der Waals surface area (Å²) in [5.41, 5.74) is 3.68. The van der Waals surface area contributed by atoms with Crippen LogP contribution >= 0.6 is 11.8 Å². The van der Waals surface area contributed by atoms with Crippen LogP contribution in [0.5, 0.6) is 0 Å². The van der Waals surface area contributed by atoms with Gasteiger partial charge in [-0.1, -0.05) is 31.5 Å². The van der Waals surface area contributed by atoms with Crippen LogP contribution in [0.2, 0.25) is 0 Å². The molecule has 2 aliphatic heterocycles. The molecule has 0 spiro atoms. The molecule has 0 bridgehead atoms. The number of aryl methyl sites for hydroxylation is 2. The van der Waals surface area contributed by atoms with Crippen molar-refractivity contribution in [2.45, 2.75) is 64.7 Å². The molecule has 7 rings (SSSR count). The largest absolute Gasteiger partial charge is 0.377 e. The molecule has 67 heavy (non-hydrogen) atoms. The molecular formula is C47H61N11O8S. The molecule has 0 radical (unpaired) electrons. The number of amides is 3. The first-order valence-electron chi connectivity index (χ1n) is 23.0. The molecular weight excluding hydrogens is 879 g/mol. The van der Waals surface area contributed by atoms with Gasteiger partial charge in [0.2, 0.25) is 11.9 Å². The third-order valence-corrected chi connectivity index (χ3v) is 13.0. The Kier molecular flexibility index (Phi) is 17.4. The zero-order chi connectivity index (χ0) is 47.3. The van der Waals surface area contributed by atoms with Crippen molar-refractivity contribution in [2.24, 2.45) is 4.99 Å². The van der Waals surface area contributed by atoms with Crippen LogP contribution in [-0.4, -0.2) is 150 Å². The minimum absolute atomic E-state index is 0.00385. The van der Waals surface area contributed by atoms with Gasteiger partial charge < -0.3 is 40.4 Å². The molecule has 5 heterocycles. The molecule has 4 aromatic rings. The Balaban J connectivity index is 0.713. The standard InChI is InChI=1S/C47H61N11O8S/c1-30-25-34(9-11-37(30)44(62)55-47-52-26-31(2)67-47)43(61)49-14-20-65-22-24-66-23-21-64-19-13-48-40(60)29-56-15-17-57(18-16-56)36-10-12-39(50-27-36)53-46-51-28-38-32(3)41(33(4)59)45(63)58(42(38)54-46)35-7-5-6-8-35/h9-12,25,27-28,31,35H,5-8,13-24,26,29H2,1-4H3,(H,48,60)(H,49,61)(H,52,55,62)(H,50,51,53,54). The minimum Gasteiger partial charge on any atom is -0.377 e. The number of aromatic nitrogens is 4. The quantitative estimate of drug-likeness (QED) is 0.0689. The molecule has 4 N–H and O–H groups in total. The maximum absolute atomic E-state index is 13.6. The van der Waals surface area contributed by atoms with Gasteiger partial charge in [0.25, 0.3) is 17.4 Å². The molecule has 3 amide bonds. The van der Waals surface area contributed by atoms with Crippen molar-refractivity contribution < 1.29 is 33.4 Å². The fraction of sp³-hybridized carbons (Fsp3) is 0.511. The van der Waals surface area contributed by atoms with Crippen molar-refractivity contribution in [3.63, 3.8) is 0 Å². The van der Waals surface area contributed by atoms with E-state index in [-0.39, 0.29) is 40.7 Å². The van der Waals surface area contributed by atoms with Crippen LogP contribution in [0.25, 0.3) is 11.0 Å². The van der Waals surface area contributed by atoms with Gasteiger partial charge in [0.05, 0.1) is 70.2 Å². The number of aliphatic imine (C=N–C) groups is 1. The number of pyridine rings is 2. The van der Waals surface area contributed by atoms with Crippen molar-refractivity contribution in [3.05, 3.63) is 80.9 Å². The van der Waals surface area contributed by atoms with Crippen molar-refractivity contribution in [2.75, 3.05) is 102 Å². The Labute approximate surface area is 394 Å². The Morgan fingerprint density at radius 3 is 2.18 bits per heavy atom. The van der Waals surface area contributed by atoms with E-state index in [0.717, 1.165) is 57.5 Å². The van der Waals surface area contributed by atoms with E-state index >= 15 is 0 Å². The summed E-state index contributed by atoms with van der Waals surface area (Å²) in [6.07, 6.45) is 7.27. The summed E-state index contributed by atoms with van der Waals surface area (Å²) < 4.78 is 18.4. The number of hydrogen-bond acceptors (Lipinski definition) is 16. The van der Waals surface area contributed by atoms with Crippen LogP contribution in [-0.2, 0) is 19.0 Å². The van der Waals surface area contributed by atoms with Crippen LogP contribution in [0.15, 0.2) is 52.5 Å². The molecule has 2 fully saturated rings. The number of piperazine rings is 1. The molecule has 20 heteroatoms. The first-order valence-corrected chi connectivity index (χ1v) is 23.9. The molecule has 1 unspecified atom stereocenters. The smallest absolute Gasteiger partial charge is 0.263 e. The van der Waals surface area contributed by atoms with Crippen LogP contribution in [0, 0.1) is 13.8 Å². The second kappa shape index (κ2) is 23.8. The Morgan fingerprint density at radius 2 is 1.54 bits per heavy atom. The summed E-state index contributed by atoms with van der Waals surface area (Å²) in [6.45, 7) is 14.0. The van der Waals surface area contributed by atoms with Crippen LogP contribution in [0.3, 0.4) is 0 Å². The van der Waals surface area contributed by atoms with E-state index in [1.807, 2.05) is 12.1 Å². The second-order valence-electron chi connectivity index (χ2n) is 16.9.